The number of rotatable bonds is 4. The van der Waals surface area contributed by atoms with Gasteiger partial charge >= 0.3 is 5.97 Å². The number of aromatic carboxylic acids is 1. The number of ether oxygens (including phenoxy) is 1. The van der Waals surface area contributed by atoms with Gasteiger partial charge in [0, 0.05) is 18.8 Å². The predicted octanol–water partition coefficient (Wildman–Crippen LogP) is 2.30. The van der Waals surface area contributed by atoms with Crippen LogP contribution in [0.4, 0.5) is 0 Å². The zero-order valence-electron chi connectivity index (χ0n) is 10.5. The number of para-hydroxylation sites is 1. The Bertz CT molecular complexity index is 491. The Balaban J connectivity index is 2.15. The van der Waals surface area contributed by atoms with Crippen molar-refractivity contribution in [2.24, 2.45) is 5.92 Å². The molecule has 18 heavy (non-hydrogen) atoms. The smallest absolute Gasteiger partial charge is 0.339 e. The maximum Gasteiger partial charge on any atom is 0.339 e. The summed E-state index contributed by atoms with van der Waals surface area (Å²) in [6, 6.07) is 5.08. The second kappa shape index (κ2) is 4.80. The summed E-state index contributed by atoms with van der Waals surface area (Å²) in [5, 5.41) is 9.06. The first-order valence-corrected chi connectivity index (χ1v) is 6.03. The van der Waals surface area contributed by atoms with Gasteiger partial charge in [0.1, 0.15) is 23.2 Å². The topological polar surface area (TPSA) is 63.6 Å². The van der Waals surface area contributed by atoms with Crippen molar-refractivity contribution in [3.63, 3.8) is 0 Å². The fourth-order valence-corrected chi connectivity index (χ4v) is 2.08. The predicted molar refractivity (Wildman–Crippen MR) is 66.0 cm³/mol. The van der Waals surface area contributed by atoms with E-state index in [1.807, 2.05) is 19.9 Å². The summed E-state index contributed by atoms with van der Waals surface area (Å²) in [5.74, 6) is -0.449. The molecule has 0 aliphatic carbocycles. The van der Waals surface area contributed by atoms with Gasteiger partial charge in [0.2, 0.25) is 0 Å². The summed E-state index contributed by atoms with van der Waals surface area (Å²) >= 11 is 0. The van der Waals surface area contributed by atoms with Crippen LogP contribution in [0, 0.1) is 5.92 Å². The van der Waals surface area contributed by atoms with E-state index in [1.54, 1.807) is 6.07 Å². The number of carbonyl (C=O) groups is 2. The molecule has 4 nitrogen and oxygen atoms in total. The lowest BCUT2D eigenvalue weighted by atomic mass is 10.00. The summed E-state index contributed by atoms with van der Waals surface area (Å²) in [7, 11) is 0. The molecule has 1 N–H and O–H groups in total. The van der Waals surface area contributed by atoms with Crippen LogP contribution in [-0.2, 0) is 11.2 Å². The van der Waals surface area contributed by atoms with Crippen molar-refractivity contribution in [2.75, 3.05) is 0 Å². The summed E-state index contributed by atoms with van der Waals surface area (Å²) in [6.45, 7) is 3.71. The van der Waals surface area contributed by atoms with Crippen LogP contribution in [0.25, 0.3) is 0 Å². The average molecular weight is 248 g/mol. The van der Waals surface area contributed by atoms with Crippen molar-refractivity contribution >= 4 is 11.8 Å². The van der Waals surface area contributed by atoms with E-state index < -0.39 is 5.97 Å². The van der Waals surface area contributed by atoms with Crippen molar-refractivity contribution in [3.8, 4) is 5.75 Å². The molecule has 1 aromatic carbocycles. The highest BCUT2D eigenvalue weighted by atomic mass is 16.5. The molecule has 1 aromatic rings. The Morgan fingerprint density at radius 3 is 2.78 bits per heavy atom. The summed E-state index contributed by atoms with van der Waals surface area (Å²) < 4.78 is 5.62. The largest absolute Gasteiger partial charge is 0.488 e. The van der Waals surface area contributed by atoms with Crippen LogP contribution in [0.3, 0.4) is 0 Å². The first kappa shape index (κ1) is 12.6. The maximum absolute atomic E-state index is 11.7. The molecule has 2 rings (SSSR count). The fraction of sp³-hybridized carbons (Fsp3) is 0.429. The molecule has 0 aromatic heterocycles. The van der Waals surface area contributed by atoms with Gasteiger partial charge in [-0.25, -0.2) is 4.79 Å². The molecule has 96 valence electrons. The number of ketones is 1. The van der Waals surface area contributed by atoms with Crippen molar-refractivity contribution in [1.82, 2.24) is 0 Å². The Hall–Kier alpha value is -1.84. The zero-order chi connectivity index (χ0) is 13.3. The lowest BCUT2D eigenvalue weighted by Crippen LogP contribution is -2.21. The van der Waals surface area contributed by atoms with Crippen LogP contribution in [0.1, 0.15) is 36.2 Å². The maximum atomic E-state index is 11.7. The molecule has 0 fully saturated rings. The third kappa shape index (κ3) is 2.37. The second-order valence-corrected chi connectivity index (χ2v) is 4.87. The van der Waals surface area contributed by atoms with Crippen LogP contribution in [-0.4, -0.2) is 23.0 Å². The summed E-state index contributed by atoms with van der Waals surface area (Å²) in [4.78, 5) is 22.7. The highest BCUT2D eigenvalue weighted by molar-refractivity contribution is 5.91. The van der Waals surface area contributed by atoms with Gasteiger partial charge in [0.25, 0.3) is 0 Å². The number of hydrogen-bond donors (Lipinski definition) is 1. The average Bonchev–Trinajstić information content (AvgIpc) is 2.70. The first-order valence-electron chi connectivity index (χ1n) is 6.03. The Kier molecular flexibility index (Phi) is 3.36. The standard InChI is InChI=1S/C14H16O4/c1-8(2)12(15)7-10-6-9-4-3-5-11(14(16)17)13(9)18-10/h3-5,8,10H,6-7H2,1-2H3,(H,16,17). The van der Waals surface area contributed by atoms with Gasteiger partial charge in [-0.3, -0.25) is 4.79 Å². The third-order valence-corrected chi connectivity index (χ3v) is 3.13. The first-order chi connectivity index (χ1) is 8.49. The van der Waals surface area contributed by atoms with E-state index in [0.29, 0.717) is 18.6 Å². The molecule has 1 aliphatic heterocycles. The molecule has 1 heterocycles. The van der Waals surface area contributed by atoms with Gasteiger partial charge in [-0.1, -0.05) is 26.0 Å². The minimum absolute atomic E-state index is 0.0174. The van der Waals surface area contributed by atoms with E-state index in [-0.39, 0.29) is 23.4 Å². The number of fused-ring (bicyclic) bond motifs is 1. The number of hydrogen-bond acceptors (Lipinski definition) is 3. The normalized spacial score (nSPS) is 17.4. The highest BCUT2D eigenvalue weighted by Gasteiger charge is 2.29. The second-order valence-electron chi connectivity index (χ2n) is 4.87. The Morgan fingerprint density at radius 1 is 1.44 bits per heavy atom. The van der Waals surface area contributed by atoms with E-state index in [4.69, 9.17) is 9.84 Å². The van der Waals surface area contributed by atoms with E-state index in [0.717, 1.165) is 5.56 Å². The highest BCUT2D eigenvalue weighted by Crippen LogP contribution is 2.33. The molecular weight excluding hydrogens is 232 g/mol. The number of Topliss-reactive ketones (excluding diaryl/α,β-unsaturated/α-hetero) is 1. The minimum Gasteiger partial charge on any atom is -0.488 e. The van der Waals surface area contributed by atoms with Crippen molar-refractivity contribution in [1.29, 1.82) is 0 Å². The van der Waals surface area contributed by atoms with Crippen LogP contribution in [0.15, 0.2) is 18.2 Å². The minimum atomic E-state index is -0.998. The third-order valence-electron chi connectivity index (χ3n) is 3.13. The summed E-state index contributed by atoms with van der Waals surface area (Å²) in [5.41, 5.74) is 1.04. The number of carboxylic acids is 1. The van der Waals surface area contributed by atoms with Crippen molar-refractivity contribution in [2.45, 2.75) is 32.8 Å². The van der Waals surface area contributed by atoms with Gasteiger partial charge in [-0.2, -0.15) is 0 Å². The van der Waals surface area contributed by atoms with E-state index in [9.17, 15) is 9.59 Å². The molecular formula is C14H16O4. The fourth-order valence-electron chi connectivity index (χ4n) is 2.08. The van der Waals surface area contributed by atoms with Crippen molar-refractivity contribution < 1.29 is 19.4 Å². The number of carbonyl (C=O) groups excluding carboxylic acids is 1. The molecule has 4 heteroatoms. The Labute approximate surface area is 106 Å². The van der Waals surface area contributed by atoms with E-state index >= 15 is 0 Å². The zero-order valence-corrected chi connectivity index (χ0v) is 10.5. The Morgan fingerprint density at radius 2 is 2.17 bits per heavy atom. The molecule has 1 atom stereocenters. The van der Waals surface area contributed by atoms with E-state index in [2.05, 4.69) is 0 Å². The lowest BCUT2D eigenvalue weighted by molar-refractivity contribution is -0.123. The molecule has 0 bridgehead atoms. The van der Waals surface area contributed by atoms with Crippen molar-refractivity contribution in [3.05, 3.63) is 29.3 Å². The number of benzene rings is 1. The monoisotopic (exact) mass is 248 g/mol. The summed E-state index contributed by atoms with van der Waals surface area (Å²) in [6.07, 6.45) is 0.718. The molecule has 0 spiro atoms. The lowest BCUT2D eigenvalue weighted by Gasteiger charge is -2.12. The molecule has 0 amide bonds. The van der Waals surface area contributed by atoms with Gasteiger partial charge in [-0.05, 0) is 11.6 Å². The quantitative estimate of drug-likeness (QED) is 0.888. The van der Waals surface area contributed by atoms with Gasteiger partial charge < -0.3 is 9.84 Å². The van der Waals surface area contributed by atoms with E-state index in [1.165, 1.54) is 6.07 Å². The molecule has 0 saturated heterocycles. The molecule has 1 unspecified atom stereocenters. The van der Waals surface area contributed by atoms with Crippen LogP contribution < -0.4 is 4.74 Å². The molecule has 0 radical (unpaired) electrons. The van der Waals surface area contributed by atoms with Gasteiger partial charge in [0.15, 0.2) is 0 Å². The van der Waals surface area contributed by atoms with Gasteiger partial charge in [0.05, 0.1) is 0 Å². The van der Waals surface area contributed by atoms with Crippen LogP contribution in [0.2, 0.25) is 0 Å². The molecule has 1 aliphatic rings. The SMILES string of the molecule is CC(C)C(=O)CC1Cc2cccc(C(=O)O)c2O1. The van der Waals surface area contributed by atoms with Crippen LogP contribution in [0.5, 0.6) is 5.75 Å². The number of carboxylic acid groups (broad SMARTS) is 1. The van der Waals surface area contributed by atoms with Crippen LogP contribution >= 0.6 is 0 Å². The van der Waals surface area contributed by atoms with Gasteiger partial charge in [-0.15, -0.1) is 0 Å². The molecule has 0 saturated carbocycles.